The molecule has 0 radical (unpaired) electrons. The van der Waals surface area contributed by atoms with Gasteiger partial charge in [-0.2, -0.15) is 0 Å². The fourth-order valence-electron chi connectivity index (χ4n) is 3.91. The van der Waals surface area contributed by atoms with Gasteiger partial charge < -0.3 is 20.1 Å². The highest BCUT2D eigenvalue weighted by Gasteiger charge is 2.35. The Hall–Kier alpha value is -2.06. The lowest BCUT2D eigenvalue weighted by Gasteiger charge is -2.32. The van der Waals surface area contributed by atoms with Crippen LogP contribution in [0.5, 0.6) is 0 Å². The Morgan fingerprint density at radius 2 is 2.16 bits per heavy atom. The second-order valence-electron chi connectivity index (χ2n) is 8.36. The summed E-state index contributed by atoms with van der Waals surface area (Å²) in [5.74, 6) is 1.41. The van der Waals surface area contributed by atoms with E-state index in [0.717, 1.165) is 56.2 Å². The molecule has 0 aromatic carbocycles. The number of hydrogen-bond acceptors (Lipinski definition) is 7. The number of hydrogen-bond donors (Lipinski definition) is 2. The van der Waals surface area contributed by atoms with E-state index < -0.39 is 5.60 Å². The molecule has 2 N–H and O–H groups in total. The van der Waals surface area contributed by atoms with Crippen LogP contribution >= 0.6 is 11.6 Å². The molecule has 2 saturated heterocycles. The molecule has 4 heterocycles. The van der Waals surface area contributed by atoms with Crippen LogP contribution in [0.25, 0.3) is 11.3 Å². The molecule has 2 aliphatic heterocycles. The minimum Gasteiger partial charge on any atom is -0.381 e. The molecular weight excluding hydrogens is 416 g/mol. The van der Waals surface area contributed by atoms with Crippen molar-refractivity contribution in [1.82, 2.24) is 15.3 Å². The third kappa shape index (κ3) is 5.60. The first-order valence-electron chi connectivity index (χ1n) is 10.8. The number of ketones is 1. The van der Waals surface area contributed by atoms with Gasteiger partial charge in [-0.3, -0.25) is 9.78 Å². The maximum atomic E-state index is 12.8. The van der Waals surface area contributed by atoms with Crippen LogP contribution in [-0.4, -0.2) is 60.8 Å². The Bertz CT molecular complexity index is 911. The third-order valence-electron chi connectivity index (χ3n) is 5.94. The van der Waals surface area contributed by atoms with E-state index in [1.165, 1.54) is 0 Å². The summed E-state index contributed by atoms with van der Waals surface area (Å²) in [6, 6.07) is 7.68. The van der Waals surface area contributed by atoms with Gasteiger partial charge in [0.2, 0.25) is 0 Å². The molecule has 1 unspecified atom stereocenters. The molecule has 1 atom stereocenters. The summed E-state index contributed by atoms with van der Waals surface area (Å²) in [4.78, 5) is 21.9. The quantitative estimate of drug-likeness (QED) is 0.678. The summed E-state index contributed by atoms with van der Waals surface area (Å²) in [5.41, 5.74) is 1.34. The van der Waals surface area contributed by atoms with E-state index in [4.69, 9.17) is 26.1 Å². The second kappa shape index (κ2) is 10.0. The van der Waals surface area contributed by atoms with E-state index in [-0.39, 0.29) is 12.2 Å². The molecule has 8 heteroatoms. The SMILES string of the molecule is CC1(C(=O)Cc2cc(-c3cccc(NCC4CCOCC4)n3)c(Cl)cn2)CNCCO1. The van der Waals surface area contributed by atoms with E-state index in [1.807, 2.05) is 31.2 Å². The molecule has 2 aromatic heterocycles. The van der Waals surface area contributed by atoms with Crippen LogP contribution in [0, 0.1) is 5.92 Å². The van der Waals surface area contributed by atoms with Crippen LogP contribution in [0.4, 0.5) is 5.82 Å². The summed E-state index contributed by atoms with van der Waals surface area (Å²) in [5, 5.41) is 7.16. The van der Waals surface area contributed by atoms with E-state index in [1.54, 1.807) is 6.20 Å². The Labute approximate surface area is 187 Å². The molecule has 0 bridgehead atoms. The smallest absolute Gasteiger partial charge is 0.171 e. The van der Waals surface area contributed by atoms with Crippen LogP contribution in [0.1, 0.15) is 25.5 Å². The van der Waals surface area contributed by atoms with Crippen molar-refractivity contribution in [2.75, 3.05) is 44.8 Å². The maximum Gasteiger partial charge on any atom is 0.171 e. The topological polar surface area (TPSA) is 85.4 Å². The number of ether oxygens (including phenoxy) is 2. The summed E-state index contributed by atoms with van der Waals surface area (Å²) in [7, 11) is 0. The molecular formula is C23H29ClN4O3. The van der Waals surface area contributed by atoms with Crippen LogP contribution in [0.2, 0.25) is 5.02 Å². The standard InChI is InChI=1S/C23H29ClN4O3/c1-23(15-25-7-10-31-23)21(29)12-17-11-18(19(24)14-26-17)20-3-2-4-22(28-20)27-13-16-5-8-30-9-6-16/h2-4,11,14,16,25H,5-10,12-13,15H2,1H3,(H,27,28). The van der Waals surface area contributed by atoms with Crippen molar-refractivity contribution >= 4 is 23.2 Å². The largest absolute Gasteiger partial charge is 0.381 e. The van der Waals surface area contributed by atoms with E-state index in [2.05, 4.69) is 15.6 Å². The average Bonchev–Trinajstić information content (AvgIpc) is 2.80. The van der Waals surface area contributed by atoms with Gasteiger partial charge in [0.15, 0.2) is 5.78 Å². The number of carbonyl (C=O) groups is 1. The predicted molar refractivity (Wildman–Crippen MR) is 120 cm³/mol. The molecule has 0 aliphatic carbocycles. The zero-order valence-corrected chi connectivity index (χ0v) is 18.6. The molecule has 0 amide bonds. The van der Waals surface area contributed by atoms with Gasteiger partial charge in [0.25, 0.3) is 0 Å². The monoisotopic (exact) mass is 444 g/mol. The predicted octanol–water partition coefficient (Wildman–Crippen LogP) is 3.13. The lowest BCUT2D eigenvalue weighted by Crippen LogP contribution is -2.53. The van der Waals surface area contributed by atoms with Crippen LogP contribution < -0.4 is 10.6 Å². The minimum absolute atomic E-state index is 0.000288. The zero-order chi connectivity index (χ0) is 21.7. The summed E-state index contributed by atoms with van der Waals surface area (Å²) < 4.78 is 11.2. The van der Waals surface area contributed by atoms with Gasteiger partial charge in [0.05, 0.1) is 23.7 Å². The number of aromatic nitrogens is 2. The van der Waals surface area contributed by atoms with Gasteiger partial charge in [-0.1, -0.05) is 17.7 Å². The fourth-order valence-corrected chi connectivity index (χ4v) is 4.11. The van der Waals surface area contributed by atoms with Crippen molar-refractivity contribution in [3.63, 3.8) is 0 Å². The van der Waals surface area contributed by atoms with Crippen molar-refractivity contribution in [2.24, 2.45) is 5.92 Å². The Morgan fingerprint density at radius 3 is 2.94 bits per heavy atom. The van der Waals surface area contributed by atoms with Crippen molar-refractivity contribution in [3.05, 3.63) is 41.2 Å². The number of Topliss-reactive ketones (excluding diaryl/α,β-unsaturated/α-hetero) is 1. The number of nitrogens with zero attached hydrogens (tertiary/aromatic N) is 2. The number of carbonyl (C=O) groups excluding carboxylic acids is 1. The van der Waals surface area contributed by atoms with E-state index in [0.29, 0.717) is 29.8 Å². The Kier molecular flexibility index (Phi) is 7.17. The highest BCUT2D eigenvalue weighted by molar-refractivity contribution is 6.33. The van der Waals surface area contributed by atoms with E-state index >= 15 is 0 Å². The fraction of sp³-hybridized carbons (Fsp3) is 0.522. The van der Waals surface area contributed by atoms with Crippen LogP contribution in [-0.2, 0) is 20.7 Å². The number of nitrogens with one attached hydrogen (secondary N) is 2. The number of pyridine rings is 2. The minimum atomic E-state index is -0.827. The molecule has 2 fully saturated rings. The molecule has 31 heavy (non-hydrogen) atoms. The first kappa shape index (κ1) is 22.1. The summed E-state index contributed by atoms with van der Waals surface area (Å²) >= 11 is 6.44. The zero-order valence-electron chi connectivity index (χ0n) is 17.8. The highest BCUT2D eigenvalue weighted by atomic mass is 35.5. The number of anilines is 1. The van der Waals surface area contributed by atoms with Crippen molar-refractivity contribution in [1.29, 1.82) is 0 Å². The Balaban J connectivity index is 1.47. The normalized spacial score (nSPS) is 22.3. The highest BCUT2D eigenvalue weighted by Crippen LogP contribution is 2.28. The van der Waals surface area contributed by atoms with Gasteiger partial charge in [-0.15, -0.1) is 0 Å². The third-order valence-corrected chi connectivity index (χ3v) is 6.24. The average molecular weight is 445 g/mol. The van der Waals surface area contributed by atoms with Crippen LogP contribution in [0.3, 0.4) is 0 Å². The lowest BCUT2D eigenvalue weighted by atomic mass is 9.95. The number of halogens is 1. The number of rotatable bonds is 7. The maximum absolute atomic E-state index is 12.8. The van der Waals surface area contributed by atoms with Gasteiger partial charge in [0.1, 0.15) is 11.4 Å². The molecule has 4 rings (SSSR count). The van der Waals surface area contributed by atoms with Gasteiger partial charge >= 0.3 is 0 Å². The summed E-state index contributed by atoms with van der Waals surface area (Å²) in [6.45, 7) is 6.15. The van der Waals surface area contributed by atoms with Crippen LogP contribution in [0.15, 0.2) is 30.5 Å². The molecule has 166 valence electrons. The second-order valence-corrected chi connectivity index (χ2v) is 8.76. The molecule has 0 spiro atoms. The molecule has 2 aliphatic rings. The van der Waals surface area contributed by atoms with Gasteiger partial charge in [-0.25, -0.2) is 4.98 Å². The molecule has 0 saturated carbocycles. The van der Waals surface area contributed by atoms with Crippen molar-refractivity contribution in [2.45, 2.75) is 31.8 Å². The first-order valence-corrected chi connectivity index (χ1v) is 11.2. The van der Waals surface area contributed by atoms with Gasteiger partial charge in [0, 0.05) is 50.3 Å². The Morgan fingerprint density at radius 1 is 1.32 bits per heavy atom. The number of morpholine rings is 1. The van der Waals surface area contributed by atoms with Crippen molar-refractivity contribution in [3.8, 4) is 11.3 Å². The first-order chi connectivity index (χ1) is 15.0. The van der Waals surface area contributed by atoms with Gasteiger partial charge in [-0.05, 0) is 43.9 Å². The molecule has 7 nitrogen and oxygen atoms in total. The van der Waals surface area contributed by atoms with E-state index in [9.17, 15) is 4.79 Å². The van der Waals surface area contributed by atoms with Crippen molar-refractivity contribution < 1.29 is 14.3 Å². The molecule has 2 aromatic rings. The lowest BCUT2D eigenvalue weighted by molar-refractivity contribution is -0.144. The summed E-state index contributed by atoms with van der Waals surface area (Å²) in [6.07, 6.45) is 3.91.